The van der Waals surface area contributed by atoms with Gasteiger partial charge >= 0.3 is 0 Å². The number of methoxy groups -OCH3 is 1. The third kappa shape index (κ3) is 4.36. The Bertz CT molecular complexity index is 518. The van der Waals surface area contributed by atoms with Crippen LogP contribution >= 0.6 is 23.1 Å². The van der Waals surface area contributed by atoms with Crippen LogP contribution in [-0.2, 0) is 5.75 Å². The molecule has 0 atom stereocenters. The molecular weight excluding hydrogens is 280 g/mol. The lowest BCUT2D eigenvalue weighted by atomic mass is 10.4. The van der Waals surface area contributed by atoms with E-state index in [-0.39, 0.29) is 0 Å². The van der Waals surface area contributed by atoms with Crippen LogP contribution < -0.4 is 10.1 Å². The molecule has 0 saturated carbocycles. The quantitative estimate of drug-likeness (QED) is 0.792. The van der Waals surface area contributed by atoms with Crippen molar-refractivity contribution < 1.29 is 4.74 Å². The van der Waals surface area contributed by atoms with Gasteiger partial charge in [0, 0.05) is 18.4 Å². The highest BCUT2D eigenvalue weighted by Gasteiger charge is 2.05. The number of thioether (sulfide) groups is 1. The van der Waals surface area contributed by atoms with Crippen LogP contribution in [0.3, 0.4) is 0 Å². The van der Waals surface area contributed by atoms with E-state index >= 15 is 0 Å². The summed E-state index contributed by atoms with van der Waals surface area (Å²) in [6.45, 7) is 3.05. The Morgan fingerprint density at radius 2 is 2.26 bits per heavy atom. The van der Waals surface area contributed by atoms with Crippen LogP contribution in [0, 0.1) is 0 Å². The van der Waals surface area contributed by atoms with Crippen LogP contribution in [0.5, 0.6) is 5.88 Å². The first kappa shape index (κ1) is 14.1. The fraction of sp³-hybridized carbons (Fsp3) is 0.417. The van der Waals surface area contributed by atoms with Gasteiger partial charge in [-0.1, -0.05) is 36.1 Å². The highest BCUT2D eigenvalue weighted by atomic mass is 32.2. The number of ether oxygens (including phenoxy) is 1. The number of pyridine rings is 1. The molecule has 0 bridgehead atoms. The maximum absolute atomic E-state index is 5.10. The molecule has 0 aliphatic rings. The summed E-state index contributed by atoms with van der Waals surface area (Å²) in [5.41, 5.74) is 0.975. The molecular formula is C12H16N4OS2. The van der Waals surface area contributed by atoms with Crippen molar-refractivity contribution >= 4 is 28.2 Å². The average Bonchev–Trinajstić information content (AvgIpc) is 2.91. The number of nitrogens with one attached hydrogen (secondary N) is 1. The van der Waals surface area contributed by atoms with Crippen molar-refractivity contribution in [3.63, 3.8) is 0 Å². The van der Waals surface area contributed by atoms with Gasteiger partial charge in [0.1, 0.15) is 0 Å². The lowest BCUT2D eigenvalue weighted by molar-refractivity contribution is 0.397. The molecule has 102 valence electrons. The van der Waals surface area contributed by atoms with E-state index in [0.29, 0.717) is 5.88 Å². The van der Waals surface area contributed by atoms with E-state index in [2.05, 4.69) is 27.4 Å². The maximum atomic E-state index is 5.10. The molecule has 0 aliphatic carbocycles. The second kappa shape index (κ2) is 7.30. The lowest BCUT2D eigenvalue weighted by Gasteiger charge is -2.01. The molecule has 0 spiro atoms. The van der Waals surface area contributed by atoms with Gasteiger partial charge in [0.15, 0.2) is 4.34 Å². The Balaban J connectivity index is 1.89. The zero-order valence-electron chi connectivity index (χ0n) is 10.9. The summed E-state index contributed by atoms with van der Waals surface area (Å²) in [5.74, 6) is 1.40. The monoisotopic (exact) mass is 296 g/mol. The Morgan fingerprint density at radius 1 is 1.37 bits per heavy atom. The Labute approximate surface area is 120 Å². The smallest absolute Gasteiger partial charge is 0.213 e. The normalized spacial score (nSPS) is 10.4. The van der Waals surface area contributed by atoms with E-state index in [4.69, 9.17) is 4.74 Å². The average molecular weight is 296 g/mol. The molecule has 0 radical (unpaired) electrons. The van der Waals surface area contributed by atoms with Gasteiger partial charge in [0.25, 0.3) is 0 Å². The van der Waals surface area contributed by atoms with Crippen LogP contribution in [0.25, 0.3) is 0 Å². The lowest BCUT2D eigenvalue weighted by Crippen LogP contribution is -1.98. The minimum absolute atomic E-state index is 0.640. The van der Waals surface area contributed by atoms with Crippen LogP contribution in [0.4, 0.5) is 5.13 Å². The topological polar surface area (TPSA) is 59.9 Å². The Morgan fingerprint density at radius 3 is 3.05 bits per heavy atom. The molecule has 19 heavy (non-hydrogen) atoms. The highest BCUT2D eigenvalue weighted by molar-refractivity contribution is 8.00. The minimum atomic E-state index is 0.640. The van der Waals surface area contributed by atoms with Gasteiger partial charge in [0.05, 0.1) is 12.8 Å². The Kier molecular flexibility index (Phi) is 5.41. The van der Waals surface area contributed by atoms with Crippen molar-refractivity contribution in [2.45, 2.75) is 23.4 Å². The number of hydrogen-bond donors (Lipinski definition) is 1. The van der Waals surface area contributed by atoms with Crippen molar-refractivity contribution in [1.82, 2.24) is 15.2 Å². The number of nitrogens with zero attached hydrogens (tertiary/aromatic N) is 3. The summed E-state index contributed by atoms with van der Waals surface area (Å²) in [5, 5.41) is 12.3. The van der Waals surface area contributed by atoms with E-state index in [1.807, 2.05) is 18.2 Å². The summed E-state index contributed by atoms with van der Waals surface area (Å²) >= 11 is 3.21. The van der Waals surface area contributed by atoms with Gasteiger partial charge in [-0.05, 0) is 12.5 Å². The first-order valence-corrected chi connectivity index (χ1v) is 7.82. The minimum Gasteiger partial charge on any atom is -0.481 e. The molecule has 0 saturated heterocycles. The third-order valence-corrected chi connectivity index (χ3v) is 4.31. The number of anilines is 1. The molecule has 1 N–H and O–H groups in total. The molecule has 0 aliphatic heterocycles. The van der Waals surface area contributed by atoms with E-state index in [1.54, 1.807) is 30.2 Å². The number of rotatable bonds is 7. The standard InChI is InChI=1S/C12H16N4OS2/c1-3-7-13-11-15-16-12(19-11)18-8-9-5-4-6-10(14-9)17-2/h4-6H,3,7-8H2,1-2H3,(H,13,15). The zero-order valence-corrected chi connectivity index (χ0v) is 12.6. The molecule has 7 heteroatoms. The third-order valence-electron chi connectivity index (χ3n) is 2.27. The molecule has 2 aromatic heterocycles. The maximum Gasteiger partial charge on any atom is 0.213 e. The van der Waals surface area contributed by atoms with Gasteiger partial charge in [-0.25, -0.2) is 4.98 Å². The second-order valence-corrected chi connectivity index (χ2v) is 5.96. The predicted octanol–water partition coefficient (Wildman–Crippen LogP) is 3.06. The van der Waals surface area contributed by atoms with Gasteiger partial charge in [0.2, 0.25) is 11.0 Å². The van der Waals surface area contributed by atoms with Crippen molar-refractivity contribution in [3.8, 4) is 5.88 Å². The highest BCUT2D eigenvalue weighted by Crippen LogP contribution is 2.28. The summed E-state index contributed by atoms with van der Waals surface area (Å²) in [6, 6.07) is 5.76. The van der Waals surface area contributed by atoms with Crippen molar-refractivity contribution in [3.05, 3.63) is 23.9 Å². The number of hydrogen-bond acceptors (Lipinski definition) is 7. The molecule has 5 nitrogen and oxygen atoms in total. The van der Waals surface area contributed by atoms with Crippen molar-refractivity contribution in [2.24, 2.45) is 0 Å². The number of aromatic nitrogens is 3. The predicted molar refractivity (Wildman–Crippen MR) is 79.0 cm³/mol. The first-order chi connectivity index (χ1) is 9.31. The first-order valence-electron chi connectivity index (χ1n) is 6.02. The fourth-order valence-electron chi connectivity index (χ4n) is 1.36. The van der Waals surface area contributed by atoms with E-state index in [9.17, 15) is 0 Å². The van der Waals surface area contributed by atoms with E-state index < -0.39 is 0 Å². The largest absolute Gasteiger partial charge is 0.481 e. The molecule has 0 unspecified atom stereocenters. The summed E-state index contributed by atoms with van der Waals surface area (Å²) < 4.78 is 6.05. The van der Waals surface area contributed by atoms with Crippen molar-refractivity contribution in [1.29, 1.82) is 0 Å². The van der Waals surface area contributed by atoms with Gasteiger partial charge < -0.3 is 10.1 Å². The zero-order chi connectivity index (χ0) is 13.5. The van der Waals surface area contributed by atoms with Gasteiger partial charge in [-0.15, -0.1) is 10.2 Å². The fourth-order valence-corrected chi connectivity index (χ4v) is 3.04. The summed E-state index contributed by atoms with van der Waals surface area (Å²) in [4.78, 5) is 4.36. The summed E-state index contributed by atoms with van der Waals surface area (Å²) in [6.07, 6.45) is 1.08. The molecule has 2 rings (SSSR count). The molecule has 0 fully saturated rings. The van der Waals surface area contributed by atoms with Gasteiger partial charge in [-0.2, -0.15) is 0 Å². The van der Waals surface area contributed by atoms with Crippen LogP contribution in [0.2, 0.25) is 0 Å². The Hall–Kier alpha value is -1.34. The van der Waals surface area contributed by atoms with E-state index in [0.717, 1.165) is 33.9 Å². The van der Waals surface area contributed by atoms with Gasteiger partial charge in [-0.3, -0.25) is 0 Å². The van der Waals surface area contributed by atoms with Crippen molar-refractivity contribution in [2.75, 3.05) is 19.0 Å². The second-order valence-electron chi connectivity index (χ2n) is 3.76. The van der Waals surface area contributed by atoms with Crippen LogP contribution in [-0.4, -0.2) is 28.8 Å². The molecule has 0 amide bonds. The SMILES string of the molecule is CCCNc1nnc(SCc2cccc(OC)n2)s1. The molecule has 2 aromatic rings. The summed E-state index contributed by atoms with van der Waals surface area (Å²) in [7, 11) is 1.62. The van der Waals surface area contributed by atoms with Crippen LogP contribution in [0.1, 0.15) is 19.0 Å². The van der Waals surface area contributed by atoms with E-state index in [1.165, 1.54) is 0 Å². The molecule has 0 aromatic carbocycles. The molecule has 2 heterocycles. The van der Waals surface area contributed by atoms with Crippen LogP contribution in [0.15, 0.2) is 22.5 Å².